The summed E-state index contributed by atoms with van der Waals surface area (Å²) in [6, 6.07) is 0. The molecule has 0 aromatic carbocycles. The third kappa shape index (κ3) is 1.06. The minimum atomic E-state index is -2.62. The first-order valence-corrected chi connectivity index (χ1v) is 4.07. The molecule has 54 valence electrons. The average Bonchev–Trinajstić information content (AvgIpc) is 2.44. The Morgan fingerprint density at radius 1 is 1.90 bits per heavy atom. The molecule has 2 nitrogen and oxygen atoms in total. The van der Waals surface area contributed by atoms with Crippen molar-refractivity contribution in [1.29, 1.82) is 0 Å². The van der Waals surface area contributed by atoms with Crippen LogP contribution in [0.1, 0.15) is 16.0 Å². The molecule has 4 heteroatoms. The van der Waals surface area contributed by atoms with Crippen molar-refractivity contribution in [3.05, 3.63) is 9.96 Å². The van der Waals surface area contributed by atoms with Gasteiger partial charge in [0.25, 0.3) is 0 Å². The Balaban J connectivity index is 2.47. The summed E-state index contributed by atoms with van der Waals surface area (Å²) in [4.78, 5) is 4.34. The average molecular weight is 226 g/mol. The molecule has 0 unspecified atom stereocenters. The number of nitrogens with zero attached hydrogens (tertiary/aromatic N) is 2. The number of hydrogen-bond donors (Lipinski definition) is 0. The second kappa shape index (κ2) is 2.51. The van der Waals surface area contributed by atoms with E-state index >= 15 is 0 Å². The molecule has 2 heterocycles. The fourth-order valence-corrected chi connectivity index (χ4v) is 1.57. The van der Waals surface area contributed by atoms with E-state index in [1.54, 1.807) is 0 Å². The number of thiazole rings is 1. The molecule has 1 fully saturated rings. The maximum atomic E-state index is 7.57. The van der Waals surface area contributed by atoms with Crippen LogP contribution >= 0.6 is 27.3 Å². The quantitative estimate of drug-likeness (QED) is 0.729. The first kappa shape index (κ1) is 2.45. The van der Waals surface area contributed by atoms with Crippen LogP contribution < -0.4 is 4.90 Å². The van der Waals surface area contributed by atoms with Crippen LogP contribution in [0.2, 0.25) is 0 Å². The first-order chi connectivity index (χ1) is 7.53. The molecule has 1 aliphatic rings. The van der Waals surface area contributed by atoms with Crippen LogP contribution in [0.4, 0.5) is 5.13 Å². The Bertz CT molecular complexity index is 435. The Morgan fingerprint density at radius 3 is 3.30 bits per heavy atom. The number of halogens is 1. The van der Waals surface area contributed by atoms with Crippen molar-refractivity contribution in [2.45, 2.75) is 6.37 Å². The molecule has 0 aliphatic carbocycles. The largest absolute Gasteiger partial charge is 0.348 e. The summed E-state index contributed by atoms with van der Waals surface area (Å²) in [6.07, 6.45) is -2.75. The number of hydrogen-bond acceptors (Lipinski definition) is 3. The van der Waals surface area contributed by atoms with E-state index in [1.165, 1.54) is 0 Å². The summed E-state index contributed by atoms with van der Waals surface area (Å²) in [6.45, 7) is -4.97. The molecule has 0 bridgehead atoms. The molecular formula is C6H7BrN2S. The predicted octanol–water partition coefficient (Wildman–Crippen LogP) is 2.12. The molecule has 1 saturated heterocycles. The Kier molecular flexibility index (Phi) is 0.615. The van der Waals surface area contributed by atoms with E-state index in [2.05, 4.69) is 20.9 Å². The summed E-state index contributed by atoms with van der Waals surface area (Å²) in [5, 5.41) is -0.0491. The molecular weight excluding hydrogens is 212 g/mol. The van der Waals surface area contributed by atoms with Crippen LogP contribution in [0, 0.1) is 0 Å². The van der Waals surface area contributed by atoms with Gasteiger partial charge in [-0.2, -0.15) is 0 Å². The van der Waals surface area contributed by atoms with E-state index < -0.39 is 19.4 Å². The number of aromatic nitrogens is 1. The van der Waals surface area contributed by atoms with Gasteiger partial charge in [-0.25, -0.2) is 4.98 Å². The monoisotopic (exact) mass is 225 g/mol. The van der Waals surface area contributed by atoms with Gasteiger partial charge >= 0.3 is 0 Å². The standard InChI is InChI=1S/C6H7BrN2S/c7-5-4-8-6(10-5)9-2-1-3-9/h4H,1-3H2/i1D2,2D2,3D2,4D. The molecule has 1 aromatic rings. The third-order valence-electron chi connectivity index (χ3n) is 0.947. The molecule has 0 amide bonds. The number of anilines is 1. The van der Waals surface area contributed by atoms with Crippen LogP contribution in [-0.4, -0.2) is 18.0 Å². The van der Waals surface area contributed by atoms with Gasteiger partial charge in [-0.15, -0.1) is 0 Å². The molecule has 0 radical (unpaired) electrons. The zero-order valence-electron chi connectivity index (χ0n) is 11.7. The van der Waals surface area contributed by atoms with Gasteiger partial charge in [0.1, 0.15) is 0 Å². The highest BCUT2D eigenvalue weighted by atomic mass is 79.9. The summed E-state index contributed by atoms with van der Waals surface area (Å²) in [5.74, 6) is 0. The van der Waals surface area contributed by atoms with Crippen LogP contribution in [0.3, 0.4) is 0 Å². The molecule has 0 atom stereocenters. The van der Waals surface area contributed by atoms with Crippen molar-refractivity contribution in [1.82, 2.24) is 4.98 Å². The van der Waals surface area contributed by atoms with E-state index in [-0.39, 0.29) is 11.3 Å². The second-order valence-electron chi connectivity index (χ2n) is 1.57. The van der Waals surface area contributed by atoms with Gasteiger partial charge < -0.3 is 4.90 Å². The molecule has 0 saturated carbocycles. The molecule has 1 aromatic heterocycles. The lowest BCUT2D eigenvalue weighted by Crippen LogP contribution is -2.36. The highest BCUT2D eigenvalue weighted by Crippen LogP contribution is 2.29. The van der Waals surface area contributed by atoms with Gasteiger partial charge in [0, 0.05) is 21.2 Å². The lowest BCUT2D eigenvalue weighted by molar-refractivity contribution is 0.616. The molecule has 0 N–H and O–H groups in total. The fourth-order valence-electron chi connectivity index (χ4n) is 0.521. The zero-order valence-corrected chi connectivity index (χ0v) is 7.08. The lowest BCUT2D eigenvalue weighted by Gasteiger charge is -2.30. The van der Waals surface area contributed by atoms with E-state index in [1.807, 2.05) is 0 Å². The van der Waals surface area contributed by atoms with Gasteiger partial charge in [0.2, 0.25) is 0 Å². The van der Waals surface area contributed by atoms with Crippen molar-refractivity contribution in [3.63, 3.8) is 0 Å². The number of rotatable bonds is 1. The van der Waals surface area contributed by atoms with Crippen LogP contribution in [-0.2, 0) is 0 Å². The second-order valence-corrected chi connectivity index (χ2v) is 3.86. The van der Waals surface area contributed by atoms with Gasteiger partial charge in [-0.05, 0) is 22.3 Å². The Labute approximate surface area is 81.8 Å². The summed E-state index contributed by atoms with van der Waals surface area (Å²) in [7, 11) is 0. The van der Waals surface area contributed by atoms with E-state index in [0.717, 1.165) is 11.3 Å². The van der Waals surface area contributed by atoms with E-state index in [4.69, 9.17) is 9.60 Å². The molecule has 2 rings (SSSR count). The first-order valence-electron chi connectivity index (χ1n) is 5.97. The fraction of sp³-hybridized carbons (Fsp3) is 0.500. The topological polar surface area (TPSA) is 16.1 Å². The summed E-state index contributed by atoms with van der Waals surface area (Å²) in [5.41, 5.74) is 0. The molecule has 10 heavy (non-hydrogen) atoms. The van der Waals surface area contributed by atoms with Gasteiger partial charge in [-0.3, -0.25) is 0 Å². The maximum absolute atomic E-state index is 7.57. The van der Waals surface area contributed by atoms with Crippen molar-refractivity contribution in [2.24, 2.45) is 0 Å². The Morgan fingerprint density at radius 2 is 2.70 bits per heavy atom. The maximum Gasteiger partial charge on any atom is 0.186 e. The normalized spacial score (nSPS) is 42.5. The van der Waals surface area contributed by atoms with Crippen molar-refractivity contribution in [2.75, 3.05) is 17.9 Å². The third-order valence-corrected chi connectivity index (χ3v) is 2.34. The van der Waals surface area contributed by atoms with Crippen molar-refractivity contribution < 1.29 is 9.60 Å². The molecule has 0 spiro atoms. The molecule has 1 aliphatic heterocycles. The van der Waals surface area contributed by atoms with Gasteiger partial charge in [0.05, 0.1) is 11.3 Å². The summed E-state index contributed by atoms with van der Waals surface area (Å²) >= 11 is 3.95. The zero-order chi connectivity index (χ0) is 13.2. The van der Waals surface area contributed by atoms with Gasteiger partial charge in [-0.1, -0.05) is 11.3 Å². The van der Waals surface area contributed by atoms with Crippen LogP contribution in [0.5, 0.6) is 0 Å². The van der Waals surface area contributed by atoms with Crippen LogP contribution in [0.25, 0.3) is 0 Å². The lowest BCUT2D eigenvalue weighted by atomic mass is 10.2. The minimum absolute atomic E-state index is 0.0491. The SMILES string of the molecule is [2H]c1nc(N2C([2H])([2H])C([2H])([2H])C2([2H])[2H])sc1Br. The predicted molar refractivity (Wildman–Crippen MR) is 46.6 cm³/mol. The smallest absolute Gasteiger partial charge is 0.186 e. The van der Waals surface area contributed by atoms with Crippen molar-refractivity contribution >= 4 is 32.4 Å². The Hall–Kier alpha value is -0.0900. The van der Waals surface area contributed by atoms with Crippen LogP contribution in [0.15, 0.2) is 9.96 Å². The highest BCUT2D eigenvalue weighted by molar-refractivity contribution is 9.11. The summed E-state index contributed by atoms with van der Waals surface area (Å²) < 4.78 is 52.8. The van der Waals surface area contributed by atoms with E-state index in [9.17, 15) is 0 Å². The highest BCUT2D eigenvalue weighted by Gasteiger charge is 2.16. The van der Waals surface area contributed by atoms with E-state index in [0.29, 0.717) is 8.69 Å². The minimum Gasteiger partial charge on any atom is -0.348 e. The van der Waals surface area contributed by atoms with Crippen molar-refractivity contribution in [3.8, 4) is 0 Å². The van der Waals surface area contributed by atoms with Gasteiger partial charge in [0.15, 0.2) is 5.13 Å².